The van der Waals surface area contributed by atoms with Gasteiger partial charge < -0.3 is 25.8 Å². The fourth-order valence-corrected chi connectivity index (χ4v) is 4.70. The second kappa shape index (κ2) is 10.6. The number of carbonyl (C=O) groups excluding carboxylic acids is 2. The van der Waals surface area contributed by atoms with Crippen LogP contribution in [0.2, 0.25) is 0 Å². The lowest BCUT2D eigenvalue weighted by atomic mass is 10.0. The molecule has 3 atom stereocenters. The average molecular weight is 511 g/mol. The van der Waals surface area contributed by atoms with Crippen LogP contribution in [0.3, 0.4) is 0 Å². The number of amides is 2. The number of carboxylic acid groups (broad SMARTS) is 1. The maximum Gasteiger partial charge on any atom is 0.326 e. The second-order valence-corrected chi connectivity index (χ2v) is 9.08. The van der Waals surface area contributed by atoms with E-state index in [9.17, 15) is 19.5 Å². The number of rotatable bonds is 7. The van der Waals surface area contributed by atoms with E-state index in [0.717, 1.165) is 5.39 Å². The van der Waals surface area contributed by atoms with Gasteiger partial charge in [0.05, 0.1) is 6.54 Å². The lowest BCUT2D eigenvalue weighted by Crippen LogP contribution is -2.47. The van der Waals surface area contributed by atoms with Crippen molar-refractivity contribution in [3.63, 3.8) is 0 Å². The zero-order valence-electron chi connectivity index (χ0n) is 20.4. The molecule has 1 aliphatic rings. The van der Waals surface area contributed by atoms with Crippen molar-refractivity contribution in [3.05, 3.63) is 102 Å². The van der Waals surface area contributed by atoms with E-state index >= 15 is 0 Å². The highest BCUT2D eigenvalue weighted by Crippen LogP contribution is 2.28. The van der Waals surface area contributed by atoms with Gasteiger partial charge in [-0.05, 0) is 41.3 Å². The van der Waals surface area contributed by atoms with Gasteiger partial charge in [-0.3, -0.25) is 9.59 Å². The van der Waals surface area contributed by atoms with Crippen molar-refractivity contribution in [2.24, 2.45) is 0 Å². The number of hydrogen-bond donors (Lipinski definition) is 3. The summed E-state index contributed by atoms with van der Waals surface area (Å²) in [6, 6.07) is 22.4. The quantitative estimate of drug-likeness (QED) is 0.347. The van der Waals surface area contributed by atoms with Crippen LogP contribution in [0, 0.1) is 0 Å². The molecule has 9 nitrogen and oxygen atoms in total. The van der Waals surface area contributed by atoms with Crippen LogP contribution in [0.25, 0.3) is 10.8 Å². The molecule has 38 heavy (non-hydrogen) atoms. The molecule has 2 amide bonds. The van der Waals surface area contributed by atoms with Gasteiger partial charge in [-0.1, -0.05) is 54.6 Å². The summed E-state index contributed by atoms with van der Waals surface area (Å²) in [6.45, 7) is 0.0715. The van der Waals surface area contributed by atoms with Crippen molar-refractivity contribution in [1.82, 2.24) is 15.2 Å². The van der Waals surface area contributed by atoms with Gasteiger partial charge in [-0.25, -0.2) is 9.78 Å². The van der Waals surface area contributed by atoms with Crippen molar-refractivity contribution in [2.45, 2.75) is 24.6 Å². The van der Waals surface area contributed by atoms with Crippen LogP contribution in [0.15, 0.2) is 91.1 Å². The Morgan fingerprint density at radius 3 is 2.42 bits per heavy atom. The van der Waals surface area contributed by atoms with E-state index in [0.29, 0.717) is 28.1 Å². The number of likely N-dealkylation sites (tertiary alicyclic amines) is 1. The molecule has 2 heterocycles. The molecule has 0 radical (unpaired) electrons. The van der Waals surface area contributed by atoms with Crippen molar-refractivity contribution < 1.29 is 24.2 Å². The van der Waals surface area contributed by atoms with Crippen molar-refractivity contribution in [2.75, 3.05) is 12.3 Å². The van der Waals surface area contributed by atoms with Crippen LogP contribution in [0.1, 0.15) is 28.4 Å². The van der Waals surface area contributed by atoms with Crippen LogP contribution >= 0.6 is 0 Å². The number of carbonyl (C=O) groups is 3. The molecule has 1 saturated heterocycles. The van der Waals surface area contributed by atoms with Gasteiger partial charge in [0.15, 0.2) is 0 Å². The third-order valence-electron chi connectivity index (χ3n) is 6.59. The van der Waals surface area contributed by atoms with Crippen LogP contribution in [-0.2, 0) is 9.59 Å². The summed E-state index contributed by atoms with van der Waals surface area (Å²) in [5.74, 6) is -1.28. The number of benzene rings is 3. The van der Waals surface area contributed by atoms with Crippen LogP contribution in [0.5, 0.6) is 5.75 Å². The molecule has 192 valence electrons. The molecule has 1 aliphatic heterocycles. The lowest BCUT2D eigenvalue weighted by molar-refractivity contribution is -0.149. The molecule has 1 fully saturated rings. The summed E-state index contributed by atoms with van der Waals surface area (Å²) in [4.78, 5) is 44.7. The second-order valence-electron chi connectivity index (χ2n) is 9.08. The first-order valence-corrected chi connectivity index (χ1v) is 12.2. The Balaban J connectivity index is 1.42. The molecular formula is C29H26N4O5. The van der Waals surface area contributed by atoms with Crippen molar-refractivity contribution >= 4 is 34.4 Å². The number of ether oxygens (including phenoxy) is 1. The summed E-state index contributed by atoms with van der Waals surface area (Å²) in [6.07, 6.45) is 1.21. The molecule has 9 heteroatoms. The predicted octanol–water partition coefficient (Wildman–Crippen LogP) is 3.42. The summed E-state index contributed by atoms with van der Waals surface area (Å²) >= 11 is 0. The van der Waals surface area contributed by atoms with Crippen LogP contribution in [-0.4, -0.2) is 51.5 Å². The molecule has 0 aliphatic carbocycles. The Labute approximate surface area is 218 Å². The summed E-state index contributed by atoms with van der Waals surface area (Å²) in [5, 5.41) is 14.2. The number of hydrogen-bond acceptors (Lipinski definition) is 6. The van der Waals surface area contributed by atoms with E-state index < -0.39 is 36.0 Å². The Hall–Kier alpha value is -4.92. The number of aromatic nitrogens is 1. The monoisotopic (exact) mass is 510 g/mol. The largest absolute Gasteiger partial charge is 0.488 e. The average Bonchev–Trinajstić information content (AvgIpc) is 3.36. The minimum atomic E-state index is -1.13. The molecule has 0 bridgehead atoms. The molecule has 3 aromatic carbocycles. The summed E-state index contributed by atoms with van der Waals surface area (Å²) in [7, 11) is 0. The third-order valence-corrected chi connectivity index (χ3v) is 6.59. The molecule has 5 rings (SSSR count). The number of nitrogens with zero attached hydrogens (tertiary/aromatic N) is 2. The zero-order valence-corrected chi connectivity index (χ0v) is 20.4. The minimum absolute atomic E-state index is 0.0715. The van der Waals surface area contributed by atoms with Crippen LogP contribution in [0.4, 0.5) is 5.82 Å². The SMILES string of the molecule is Nc1nccc2ccc(C(=O)N[C@@H](C(=O)N3C[C@@H](Oc4ccccc4)C[C@H]3C(=O)O)c3ccccc3)cc12. The third kappa shape index (κ3) is 5.12. The number of carboxylic acids is 1. The Morgan fingerprint density at radius 2 is 1.71 bits per heavy atom. The van der Waals surface area contributed by atoms with Gasteiger partial charge in [0.25, 0.3) is 11.8 Å². The van der Waals surface area contributed by atoms with E-state index in [4.69, 9.17) is 10.5 Å². The van der Waals surface area contributed by atoms with Gasteiger partial charge in [-0.2, -0.15) is 0 Å². The highest BCUT2D eigenvalue weighted by Gasteiger charge is 2.43. The van der Waals surface area contributed by atoms with Gasteiger partial charge in [0.1, 0.15) is 29.8 Å². The van der Waals surface area contributed by atoms with Gasteiger partial charge in [0, 0.05) is 23.6 Å². The molecule has 0 saturated carbocycles. The normalized spacial score (nSPS) is 17.6. The predicted molar refractivity (Wildman–Crippen MR) is 141 cm³/mol. The minimum Gasteiger partial charge on any atom is -0.488 e. The standard InChI is InChI=1S/C29H26N4O5/c30-26-23-15-20(12-11-18(23)13-14-31-26)27(34)32-25(19-7-3-1-4-8-19)28(35)33-17-22(16-24(33)29(36)37)38-21-9-5-2-6-10-21/h1-15,22,24-25H,16-17H2,(H2,30,31)(H,32,34)(H,36,37)/t22-,24-,25+/m0/s1. The number of nitrogens with two attached hydrogens (primary N) is 1. The number of fused-ring (bicyclic) bond motifs is 1. The Kier molecular flexibility index (Phi) is 6.90. The van der Waals surface area contributed by atoms with E-state index in [1.165, 1.54) is 4.90 Å². The number of nitrogen functional groups attached to an aromatic ring is 1. The number of pyridine rings is 1. The van der Waals surface area contributed by atoms with E-state index in [1.54, 1.807) is 72.9 Å². The fraction of sp³-hybridized carbons (Fsp3) is 0.172. The van der Waals surface area contributed by atoms with E-state index in [1.807, 2.05) is 18.2 Å². The highest BCUT2D eigenvalue weighted by molar-refractivity contribution is 6.03. The first kappa shape index (κ1) is 24.8. The maximum atomic E-state index is 13.9. The molecule has 4 aromatic rings. The van der Waals surface area contributed by atoms with Crippen molar-refractivity contribution in [1.29, 1.82) is 0 Å². The first-order chi connectivity index (χ1) is 18.4. The first-order valence-electron chi connectivity index (χ1n) is 12.2. The summed E-state index contributed by atoms with van der Waals surface area (Å²) < 4.78 is 5.96. The fourth-order valence-electron chi connectivity index (χ4n) is 4.70. The smallest absolute Gasteiger partial charge is 0.326 e. The number of para-hydroxylation sites is 1. The molecule has 0 unspecified atom stereocenters. The molecule has 4 N–H and O–H groups in total. The van der Waals surface area contributed by atoms with Gasteiger partial charge in [0.2, 0.25) is 0 Å². The topological polar surface area (TPSA) is 135 Å². The Bertz CT molecular complexity index is 1480. The van der Waals surface area contributed by atoms with E-state index in [2.05, 4.69) is 10.3 Å². The maximum absolute atomic E-state index is 13.9. The van der Waals surface area contributed by atoms with Crippen molar-refractivity contribution in [3.8, 4) is 5.75 Å². The molecule has 1 aromatic heterocycles. The number of anilines is 1. The van der Waals surface area contributed by atoms with Gasteiger partial charge in [-0.15, -0.1) is 0 Å². The lowest BCUT2D eigenvalue weighted by Gasteiger charge is -2.27. The van der Waals surface area contributed by atoms with E-state index in [-0.39, 0.29) is 13.0 Å². The summed E-state index contributed by atoms with van der Waals surface area (Å²) in [5.41, 5.74) is 6.82. The van der Waals surface area contributed by atoms with Gasteiger partial charge >= 0.3 is 5.97 Å². The Morgan fingerprint density at radius 1 is 1.00 bits per heavy atom. The molecular weight excluding hydrogens is 484 g/mol. The van der Waals surface area contributed by atoms with Crippen LogP contribution < -0.4 is 15.8 Å². The molecule has 0 spiro atoms. The number of aliphatic carboxylic acids is 1. The number of nitrogens with one attached hydrogen (secondary N) is 1. The highest BCUT2D eigenvalue weighted by atomic mass is 16.5. The zero-order chi connectivity index (χ0) is 26.6.